The van der Waals surface area contributed by atoms with Gasteiger partial charge in [-0.05, 0) is 70.4 Å². The highest BCUT2D eigenvalue weighted by Crippen LogP contribution is 2.36. The molecule has 0 bridgehead atoms. The molecule has 0 saturated carbocycles. The summed E-state index contributed by atoms with van der Waals surface area (Å²) in [4.78, 5) is 39.9. The maximum Gasteiger partial charge on any atom is 0.293 e. The van der Waals surface area contributed by atoms with Gasteiger partial charge in [-0.3, -0.25) is 19.3 Å². The summed E-state index contributed by atoms with van der Waals surface area (Å²) in [5.41, 5.74) is 3.25. The van der Waals surface area contributed by atoms with Crippen LogP contribution in [0.25, 0.3) is 16.8 Å². The van der Waals surface area contributed by atoms with Crippen molar-refractivity contribution in [3.05, 3.63) is 107 Å². The number of benzene rings is 4. The number of anilines is 1. The standard InChI is InChI=1S/C31H26N2O5S/c1-20-8-3-6-13-25(20)32-29(34)19-38-26-15-14-21(16-27(26)37-2)17-28-30(35)33(31(36)39-28)18-23-11-7-10-22-9-4-5-12-24(22)23/h3-17H,18-19H2,1-2H3,(H,32,34)/b28-17-. The van der Waals surface area contributed by atoms with Crippen molar-refractivity contribution < 1.29 is 23.9 Å². The van der Waals surface area contributed by atoms with E-state index in [4.69, 9.17) is 9.47 Å². The zero-order valence-corrected chi connectivity index (χ0v) is 22.3. The fourth-order valence-electron chi connectivity index (χ4n) is 4.32. The summed E-state index contributed by atoms with van der Waals surface area (Å²) in [6.45, 7) is 1.91. The van der Waals surface area contributed by atoms with Gasteiger partial charge in [-0.25, -0.2) is 0 Å². The molecule has 39 heavy (non-hydrogen) atoms. The van der Waals surface area contributed by atoms with Gasteiger partial charge in [0.1, 0.15) is 0 Å². The zero-order valence-electron chi connectivity index (χ0n) is 21.5. The number of ether oxygens (including phenoxy) is 2. The Morgan fingerprint density at radius 2 is 1.72 bits per heavy atom. The van der Waals surface area contributed by atoms with E-state index in [1.165, 1.54) is 12.0 Å². The van der Waals surface area contributed by atoms with E-state index in [1.807, 2.05) is 73.7 Å². The molecule has 1 fully saturated rings. The minimum Gasteiger partial charge on any atom is -0.493 e. The van der Waals surface area contributed by atoms with Gasteiger partial charge in [0.05, 0.1) is 18.6 Å². The molecule has 4 aromatic carbocycles. The number of thioether (sulfide) groups is 1. The number of nitrogens with one attached hydrogen (secondary N) is 1. The van der Waals surface area contributed by atoms with Gasteiger partial charge in [0, 0.05) is 5.69 Å². The third-order valence-corrected chi connectivity index (χ3v) is 7.25. The number of hydrogen-bond acceptors (Lipinski definition) is 6. The van der Waals surface area contributed by atoms with Gasteiger partial charge in [-0.1, -0.05) is 66.7 Å². The second-order valence-electron chi connectivity index (χ2n) is 8.97. The number of aryl methyl sites for hydroxylation is 1. The van der Waals surface area contributed by atoms with E-state index < -0.39 is 0 Å². The normalized spacial score (nSPS) is 14.2. The molecule has 0 aliphatic carbocycles. The molecular formula is C31H26N2O5S. The van der Waals surface area contributed by atoms with Crippen LogP contribution in [-0.2, 0) is 16.1 Å². The topological polar surface area (TPSA) is 84.9 Å². The van der Waals surface area contributed by atoms with Gasteiger partial charge in [-0.2, -0.15) is 0 Å². The van der Waals surface area contributed by atoms with Crippen molar-refractivity contribution in [3.8, 4) is 11.5 Å². The van der Waals surface area contributed by atoms with Crippen molar-refractivity contribution in [2.75, 3.05) is 19.0 Å². The van der Waals surface area contributed by atoms with Gasteiger partial charge >= 0.3 is 0 Å². The van der Waals surface area contributed by atoms with E-state index in [0.29, 0.717) is 22.0 Å². The summed E-state index contributed by atoms with van der Waals surface area (Å²) >= 11 is 0.909. The number of methoxy groups -OCH3 is 1. The fourth-order valence-corrected chi connectivity index (χ4v) is 5.16. The van der Waals surface area contributed by atoms with Crippen LogP contribution < -0.4 is 14.8 Å². The van der Waals surface area contributed by atoms with Crippen molar-refractivity contribution in [2.24, 2.45) is 0 Å². The van der Waals surface area contributed by atoms with E-state index in [1.54, 1.807) is 24.3 Å². The molecule has 4 aromatic rings. The number of carbonyl (C=O) groups excluding carboxylic acids is 3. The summed E-state index contributed by atoms with van der Waals surface area (Å²) in [6.07, 6.45) is 1.66. The molecule has 7 nitrogen and oxygen atoms in total. The van der Waals surface area contributed by atoms with Crippen molar-refractivity contribution in [3.63, 3.8) is 0 Å². The Morgan fingerprint density at radius 1 is 0.949 bits per heavy atom. The van der Waals surface area contributed by atoms with Crippen LogP contribution in [0, 0.1) is 6.92 Å². The first-order chi connectivity index (χ1) is 18.9. The molecule has 3 amide bonds. The smallest absolute Gasteiger partial charge is 0.293 e. The molecule has 1 aliphatic rings. The van der Waals surface area contributed by atoms with E-state index in [0.717, 1.165) is 39.3 Å². The van der Waals surface area contributed by atoms with Crippen LogP contribution in [0.15, 0.2) is 89.8 Å². The van der Waals surface area contributed by atoms with Crippen LogP contribution in [0.3, 0.4) is 0 Å². The molecular weight excluding hydrogens is 512 g/mol. The number of amides is 3. The van der Waals surface area contributed by atoms with Crippen LogP contribution in [-0.4, -0.2) is 35.7 Å². The van der Waals surface area contributed by atoms with Gasteiger partial charge in [0.25, 0.3) is 17.1 Å². The van der Waals surface area contributed by atoms with E-state index in [-0.39, 0.29) is 30.2 Å². The minimum absolute atomic E-state index is 0.197. The lowest BCUT2D eigenvalue weighted by molar-refractivity contribution is -0.123. The molecule has 0 aromatic heterocycles. The summed E-state index contributed by atoms with van der Waals surface area (Å²) in [7, 11) is 1.50. The van der Waals surface area contributed by atoms with Crippen LogP contribution in [0.1, 0.15) is 16.7 Å². The molecule has 1 saturated heterocycles. The Bertz CT molecular complexity index is 1610. The number of rotatable bonds is 8. The highest BCUT2D eigenvalue weighted by molar-refractivity contribution is 8.18. The van der Waals surface area contributed by atoms with Gasteiger partial charge in [0.2, 0.25) is 0 Å². The summed E-state index contributed by atoms with van der Waals surface area (Å²) in [5.74, 6) is 0.154. The largest absolute Gasteiger partial charge is 0.493 e. The van der Waals surface area contributed by atoms with E-state index in [2.05, 4.69) is 5.32 Å². The molecule has 8 heteroatoms. The lowest BCUT2D eigenvalue weighted by Gasteiger charge is -2.14. The molecule has 1 heterocycles. The number of imide groups is 1. The quantitative estimate of drug-likeness (QED) is 0.261. The third-order valence-electron chi connectivity index (χ3n) is 6.35. The summed E-state index contributed by atoms with van der Waals surface area (Å²) in [5, 5.41) is 4.58. The third kappa shape index (κ3) is 5.81. The monoisotopic (exact) mass is 538 g/mol. The Balaban J connectivity index is 1.27. The molecule has 1 N–H and O–H groups in total. The number of nitrogens with zero attached hydrogens (tertiary/aromatic N) is 1. The Labute approximate surface area is 230 Å². The second-order valence-corrected chi connectivity index (χ2v) is 9.96. The maximum atomic E-state index is 13.1. The average molecular weight is 539 g/mol. The highest BCUT2D eigenvalue weighted by atomic mass is 32.2. The zero-order chi connectivity index (χ0) is 27.4. The first-order valence-electron chi connectivity index (χ1n) is 12.3. The lowest BCUT2D eigenvalue weighted by atomic mass is 10.0. The van der Waals surface area contributed by atoms with Crippen LogP contribution >= 0.6 is 11.8 Å². The van der Waals surface area contributed by atoms with Gasteiger partial charge < -0.3 is 14.8 Å². The molecule has 196 valence electrons. The first-order valence-corrected chi connectivity index (χ1v) is 13.1. The molecule has 0 radical (unpaired) electrons. The molecule has 0 unspecified atom stereocenters. The molecule has 0 spiro atoms. The Hall–Kier alpha value is -4.56. The molecule has 1 aliphatic heterocycles. The summed E-state index contributed by atoms with van der Waals surface area (Å²) in [6, 6.07) is 26.4. The van der Waals surface area contributed by atoms with E-state index >= 15 is 0 Å². The Morgan fingerprint density at radius 3 is 2.54 bits per heavy atom. The van der Waals surface area contributed by atoms with Crippen LogP contribution in [0.2, 0.25) is 0 Å². The van der Waals surface area contributed by atoms with Crippen molar-refractivity contribution in [2.45, 2.75) is 13.5 Å². The lowest BCUT2D eigenvalue weighted by Crippen LogP contribution is -2.27. The van der Waals surface area contributed by atoms with Crippen molar-refractivity contribution >= 4 is 51.4 Å². The average Bonchev–Trinajstić information content (AvgIpc) is 3.20. The molecule has 5 rings (SSSR count). The van der Waals surface area contributed by atoms with Crippen LogP contribution in [0.5, 0.6) is 11.5 Å². The van der Waals surface area contributed by atoms with Crippen molar-refractivity contribution in [1.82, 2.24) is 4.90 Å². The Kier molecular flexibility index (Phi) is 7.65. The van der Waals surface area contributed by atoms with Crippen LogP contribution in [0.4, 0.5) is 10.5 Å². The SMILES string of the molecule is COc1cc(/C=C2\SC(=O)N(Cc3cccc4ccccc34)C2=O)ccc1OCC(=O)Nc1ccccc1C. The number of hydrogen-bond donors (Lipinski definition) is 1. The van der Waals surface area contributed by atoms with E-state index in [9.17, 15) is 14.4 Å². The number of carbonyl (C=O) groups is 3. The van der Waals surface area contributed by atoms with Gasteiger partial charge in [-0.15, -0.1) is 0 Å². The maximum absolute atomic E-state index is 13.1. The fraction of sp³-hybridized carbons (Fsp3) is 0.129. The minimum atomic E-state index is -0.342. The highest BCUT2D eigenvalue weighted by Gasteiger charge is 2.35. The number of fused-ring (bicyclic) bond motifs is 1. The predicted octanol–water partition coefficient (Wildman–Crippen LogP) is 6.41. The van der Waals surface area contributed by atoms with Gasteiger partial charge in [0.15, 0.2) is 18.1 Å². The predicted molar refractivity (Wildman–Crippen MR) is 154 cm³/mol. The first kappa shape index (κ1) is 26.1. The summed E-state index contributed by atoms with van der Waals surface area (Å²) < 4.78 is 11.1. The number of para-hydroxylation sites is 1. The second kappa shape index (κ2) is 11.4. The molecule has 0 atom stereocenters. The van der Waals surface area contributed by atoms with Crippen molar-refractivity contribution in [1.29, 1.82) is 0 Å².